The van der Waals surface area contributed by atoms with Gasteiger partial charge in [-0.05, 0) is 52.8 Å². The van der Waals surface area contributed by atoms with Crippen LogP contribution in [0.25, 0.3) is 11.1 Å². The zero-order chi connectivity index (χ0) is 32.1. The van der Waals surface area contributed by atoms with E-state index in [1.165, 1.54) is 0 Å². The van der Waals surface area contributed by atoms with Crippen molar-refractivity contribution < 1.29 is 29.3 Å². The number of hydrogen-bond acceptors (Lipinski definition) is 8. The first-order valence-corrected chi connectivity index (χ1v) is 16.5. The van der Waals surface area contributed by atoms with E-state index in [4.69, 9.17) is 14.6 Å². The highest BCUT2D eigenvalue weighted by atomic mass is 32.2. The lowest BCUT2D eigenvalue weighted by atomic mass is 9.99. The number of amides is 1. The molecule has 4 aromatic rings. The molecule has 3 aromatic carbocycles. The molecule has 1 amide bonds. The van der Waals surface area contributed by atoms with Gasteiger partial charge in [-0.15, -0.1) is 0 Å². The van der Waals surface area contributed by atoms with E-state index in [2.05, 4.69) is 33.5 Å². The van der Waals surface area contributed by atoms with E-state index in [0.29, 0.717) is 43.1 Å². The van der Waals surface area contributed by atoms with Crippen LogP contribution in [0.1, 0.15) is 73.2 Å². The maximum absolute atomic E-state index is 12.3. The van der Waals surface area contributed by atoms with Gasteiger partial charge in [-0.25, -0.2) is 9.97 Å². The number of rotatable bonds is 15. The highest BCUT2D eigenvalue weighted by molar-refractivity contribution is 7.99. The minimum atomic E-state index is -0.803. The van der Waals surface area contributed by atoms with Crippen molar-refractivity contribution in [1.82, 2.24) is 15.3 Å². The average molecular weight is 642 g/mol. The number of ether oxygens (including phenoxy) is 2. The summed E-state index contributed by atoms with van der Waals surface area (Å²) in [5, 5.41) is 21.9. The molecule has 46 heavy (non-hydrogen) atoms. The number of aliphatic carboxylic acids is 1. The van der Waals surface area contributed by atoms with Gasteiger partial charge >= 0.3 is 5.97 Å². The van der Waals surface area contributed by atoms with Crippen molar-refractivity contribution in [3.8, 4) is 11.1 Å². The average Bonchev–Trinajstić information content (AvgIpc) is 3.10. The number of carbonyl (C=O) groups is 2. The van der Waals surface area contributed by atoms with Crippen molar-refractivity contribution in [2.75, 3.05) is 5.75 Å². The summed E-state index contributed by atoms with van der Waals surface area (Å²) in [6.07, 6.45) is 5.85. The van der Waals surface area contributed by atoms with E-state index in [9.17, 15) is 14.7 Å². The summed E-state index contributed by atoms with van der Waals surface area (Å²) in [5.74, 6) is -0.155. The molecule has 0 spiro atoms. The number of aromatic nitrogens is 2. The Morgan fingerprint density at radius 3 is 2.30 bits per heavy atom. The molecule has 2 heterocycles. The zero-order valence-electron chi connectivity index (χ0n) is 25.6. The van der Waals surface area contributed by atoms with Crippen molar-refractivity contribution in [1.29, 1.82) is 0 Å². The smallest absolute Gasteiger partial charge is 0.303 e. The minimum absolute atomic E-state index is 0.00461. The Bertz CT molecular complexity index is 1550. The topological polar surface area (TPSA) is 131 Å². The predicted molar refractivity (Wildman–Crippen MR) is 176 cm³/mol. The van der Waals surface area contributed by atoms with Crippen LogP contribution in [0.4, 0.5) is 0 Å². The maximum atomic E-state index is 12.3. The summed E-state index contributed by atoms with van der Waals surface area (Å²) < 4.78 is 13.0. The van der Waals surface area contributed by atoms with Gasteiger partial charge in [0.1, 0.15) is 0 Å². The number of benzene rings is 3. The van der Waals surface area contributed by atoms with E-state index in [-0.39, 0.29) is 31.1 Å². The third-order valence-electron chi connectivity index (χ3n) is 7.78. The Labute approximate surface area is 273 Å². The SMILES string of the molecule is O=C(O)CCCCCC(=O)NCc1cccc(-c2ccc(C3OC(CSc4ncccn4)CC(c4ccc(CO)cc4)O3)cc2)c1. The van der Waals surface area contributed by atoms with Crippen LogP contribution in [-0.2, 0) is 32.2 Å². The molecular weight excluding hydrogens is 602 g/mol. The predicted octanol–water partition coefficient (Wildman–Crippen LogP) is 6.62. The van der Waals surface area contributed by atoms with E-state index in [0.717, 1.165) is 39.8 Å². The Morgan fingerprint density at radius 2 is 1.57 bits per heavy atom. The summed E-state index contributed by atoms with van der Waals surface area (Å²) >= 11 is 1.56. The van der Waals surface area contributed by atoms with Crippen molar-refractivity contribution in [3.05, 3.63) is 114 Å². The molecule has 10 heteroatoms. The fraction of sp³-hybridized carbons (Fsp3) is 0.333. The number of carboxylic acids is 1. The molecule has 1 fully saturated rings. The fourth-order valence-corrected chi connectivity index (χ4v) is 6.09. The fourth-order valence-electron chi connectivity index (χ4n) is 5.27. The Morgan fingerprint density at radius 1 is 0.826 bits per heavy atom. The molecular formula is C36H39N3O6S. The summed E-state index contributed by atoms with van der Waals surface area (Å²) in [6, 6.07) is 25.9. The highest BCUT2D eigenvalue weighted by Crippen LogP contribution is 2.39. The molecule has 1 aliphatic rings. The third-order valence-corrected chi connectivity index (χ3v) is 8.79. The first-order chi connectivity index (χ1) is 22.5. The number of thioether (sulfide) groups is 1. The van der Waals surface area contributed by atoms with Gasteiger partial charge in [-0.3, -0.25) is 9.59 Å². The van der Waals surface area contributed by atoms with Gasteiger partial charge in [0.25, 0.3) is 0 Å². The number of aliphatic hydroxyl groups excluding tert-OH is 1. The second-order valence-corrected chi connectivity index (χ2v) is 12.2. The molecule has 0 saturated carbocycles. The first-order valence-electron chi connectivity index (χ1n) is 15.5. The molecule has 1 saturated heterocycles. The number of nitrogens with one attached hydrogen (secondary N) is 1. The van der Waals surface area contributed by atoms with Gasteiger partial charge in [0.2, 0.25) is 5.91 Å². The molecule has 3 atom stereocenters. The lowest BCUT2D eigenvalue weighted by molar-refractivity contribution is -0.245. The number of hydrogen-bond donors (Lipinski definition) is 3. The normalized spacial score (nSPS) is 17.8. The molecule has 3 unspecified atom stereocenters. The highest BCUT2D eigenvalue weighted by Gasteiger charge is 2.32. The van der Waals surface area contributed by atoms with E-state index in [1.54, 1.807) is 30.2 Å². The third kappa shape index (κ3) is 9.95. The van der Waals surface area contributed by atoms with Crippen LogP contribution in [0, 0.1) is 0 Å². The molecule has 3 N–H and O–H groups in total. The minimum Gasteiger partial charge on any atom is -0.481 e. The largest absolute Gasteiger partial charge is 0.481 e. The van der Waals surface area contributed by atoms with Gasteiger partial charge in [0, 0.05) is 49.5 Å². The van der Waals surface area contributed by atoms with Gasteiger partial charge < -0.3 is 25.0 Å². The summed E-state index contributed by atoms with van der Waals surface area (Å²) in [4.78, 5) is 31.6. The summed E-state index contributed by atoms with van der Waals surface area (Å²) in [5.41, 5.74) is 5.88. The quantitative estimate of drug-likeness (QED) is 0.0744. The molecule has 9 nitrogen and oxygen atoms in total. The van der Waals surface area contributed by atoms with Gasteiger partial charge in [-0.2, -0.15) is 0 Å². The van der Waals surface area contributed by atoms with Gasteiger partial charge in [-0.1, -0.05) is 84.9 Å². The van der Waals surface area contributed by atoms with Crippen LogP contribution in [0.2, 0.25) is 0 Å². The summed E-state index contributed by atoms with van der Waals surface area (Å²) in [7, 11) is 0. The Balaban J connectivity index is 1.21. The van der Waals surface area contributed by atoms with Crippen LogP contribution in [0.3, 0.4) is 0 Å². The molecule has 0 aliphatic carbocycles. The number of carboxylic acid groups (broad SMARTS) is 1. The Hall–Kier alpha value is -4.09. The molecule has 240 valence electrons. The van der Waals surface area contributed by atoms with Crippen LogP contribution in [0.5, 0.6) is 0 Å². The van der Waals surface area contributed by atoms with Crippen molar-refractivity contribution in [2.45, 2.75) is 75.3 Å². The molecule has 1 aromatic heterocycles. The monoisotopic (exact) mass is 641 g/mol. The van der Waals surface area contributed by atoms with E-state index < -0.39 is 12.3 Å². The zero-order valence-corrected chi connectivity index (χ0v) is 26.4. The molecule has 1 aliphatic heterocycles. The number of unbranched alkanes of at least 4 members (excludes halogenated alkanes) is 2. The van der Waals surface area contributed by atoms with Crippen LogP contribution in [0.15, 0.2) is 96.4 Å². The van der Waals surface area contributed by atoms with Crippen molar-refractivity contribution in [2.24, 2.45) is 0 Å². The second-order valence-electron chi connectivity index (χ2n) is 11.2. The van der Waals surface area contributed by atoms with E-state index >= 15 is 0 Å². The lowest BCUT2D eigenvalue weighted by Crippen LogP contribution is -2.31. The van der Waals surface area contributed by atoms with Crippen molar-refractivity contribution in [3.63, 3.8) is 0 Å². The van der Waals surface area contributed by atoms with Gasteiger partial charge in [0.15, 0.2) is 11.4 Å². The van der Waals surface area contributed by atoms with Crippen molar-refractivity contribution >= 4 is 23.6 Å². The maximum Gasteiger partial charge on any atom is 0.303 e. The lowest BCUT2D eigenvalue weighted by Gasteiger charge is -2.36. The molecule has 5 rings (SSSR count). The van der Waals surface area contributed by atoms with Crippen LogP contribution >= 0.6 is 11.8 Å². The Kier molecular flexibility index (Phi) is 12.3. The molecule has 0 bridgehead atoms. The second kappa shape index (κ2) is 17.0. The van der Waals surface area contributed by atoms with E-state index in [1.807, 2.05) is 54.6 Å². The summed E-state index contributed by atoms with van der Waals surface area (Å²) in [6.45, 7) is 0.424. The van der Waals surface area contributed by atoms with Crippen LogP contribution in [-0.4, -0.2) is 43.9 Å². The van der Waals surface area contributed by atoms with Gasteiger partial charge in [0.05, 0.1) is 18.8 Å². The standard InChI is InChI=1S/C36H39N3O6S/c40-23-25-10-12-28(13-11-25)32-21-31(24-46-36-37-18-5-19-38-36)44-35(45-32)29-16-14-27(15-17-29)30-7-4-6-26(20-30)22-39-33(41)8-2-1-3-9-34(42)43/h4-7,10-20,31-32,35,40H,1-3,8-9,21-24H2,(H,39,41)(H,42,43). The molecule has 0 radical (unpaired) electrons. The number of nitrogens with zero attached hydrogens (tertiary/aromatic N) is 2. The first kappa shape index (κ1) is 33.3. The number of carbonyl (C=O) groups excluding carboxylic acids is 1. The number of aliphatic hydroxyl groups is 1. The van der Waals surface area contributed by atoms with Crippen LogP contribution < -0.4 is 5.32 Å².